The number of benzene rings is 1. The van der Waals surface area contributed by atoms with Crippen molar-refractivity contribution in [2.24, 2.45) is 11.7 Å². The summed E-state index contributed by atoms with van der Waals surface area (Å²) in [6.07, 6.45) is 0. The van der Waals surface area contributed by atoms with Gasteiger partial charge in [0.25, 0.3) is 0 Å². The Morgan fingerprint density at radius 1 is 1.24 bits per heavy atom. The number of halogens is 2. The minimum absolute atomic E-state index is 0. The van der Waals surface area contributed by atoms with Gasteiger partial charge < -0.3 is 5.73 Å². The highest BCUT2D eigenvalue weighted by atomic mass is 35.5. The van der Waals surface area contributed by atoms with Gasteiger partial charge in [-0.2, -0.15) is 0 Å². The number of hydrogen-bond acceptors (Lipinski definition) is 3. The molecule has 2 aromatic rings. The number of likely N-dealkylation sites (tertiary alicyclic amines) is 1. The van der Waals surface area contributed by atoms with E-state index in [4.69, 9.17) is 5.73 Å². The average molecular weight is 327 g/mol. The van der Waals surface area contributed by atoms with Gasteiger partial charge in [-0.25, -0.2) is 4.39 Å². The van der Waals surface area contributed by atoms with Crippen LogP contribution in [0.25, 0.3) is 10.4 Å². The van der Waals surface area contributed by atoms with Crippen molar-refractivity contribution >= 4 is 23.7 Å². The molecule has 2 N–H and O–H groups in total. The van der Waals surface area contributed by atoms with E-state index in [1.165, 1.54) is 10.9 Å². The molecule has 2 heterocycles. The second-order valence-corrected chi connectivity index (χ2v) is 6.75. The molecule has 0 spiro atoms. The summed E-state index contributed by atoms with van der Waals surface area (Å²) < 4.78 is 13.8. The fourth-order valence-corrected chi connectivity index (χ4v) is 3.79. The molecule has 5 heteroatoms. The Hall–Kier alpha value is -0.940. The molecule has 1 aromatic carbocycles. The van der Waals surface area contributed by atoms with Gasteiger partial charge in [-0.05, 0) is 24.1 Å². The molecule has 1 saturated heterocycles. The zero-order valence-electron chi connectivity index (χ0n) is 12.0. The molecule has 1 aromatic heterocycles. The van der Waals surface area contributed by atoms with Gasteiger partial charge in [0.15, 0.2) is 0 Å². The Morgan fingerprint density at radius 3 is 2.67 bits per heavy atom. The summed E-state index contributed by atoms with van der Waals surface area (Å²) in [6, 6.07) is 11.3. The van der Waals surface area contributed by atoms with E-state index in [-0.39, 0.29) is 24.3 Å². The zero-order chi connectivity index (χ0) is 14.1. The first kappa shape index (κ1) is 16.4. The second kappa shape index (κ2) is 6.88. The van der Waals surface area contributed by atoms with E-state index in [0.29, 0.717) is 11.5 Å². The van der Waals surface area contributed by atoms with Gasteiger partial charge in [0.05, 0.1) is 0 Å². The maximum Gasteiger partial charge on any atom is 0.131 e. The minimum atomic E-state index is -0.155. The molecule has 1 aliphatic rings. The monoisotopic (exact) mass is 326 g/mol. The number of nitrogens with zero attached hydrogens (tertiary/aromatic N) is 1. The summed E-state index contributed by atoms with van der Waals surface area (Å²) in [5.41, 5.74) is 6.74. The quantitative estimate of drug-likeness (QED) is 0.930. The Morgan fingerprint density at radius 2 is 2.00 bits per heavy atom. The Balaban J connectivity index is 0.00000161. The predicted octanol–water partition coefficient (Wildman–Crippen LogP) is 3.76. The molecule has 0 bridgehead atoms. The van der Waals surface area contributed by atoms with Crippen LogP contribution in [-0.4, -0.2) is 24.0 Å². The van der Waals surface area contributed by atoms with Crippen molar-refractivity contribution in [3.05, 3.63) is 47.1 Å². The summed E-state index contributed by atoms with van der Waals surface area (Å²) in [4.78, 5) is 4.64. The first-order valence-corrected chi connectivity index (χ1v) is 7.76. The molecule has 1 aliphatic heterocycles. The summed E-state index contributed by atoms with van der Waals surface area (Å²) >= 11 is 1.67. The largest absolute Gasteiger partial charge is 0.326 e. The van der Waals surface area contributed by atoms with Crippen molar-refractivity contribution in [1.29, 1.82) is 0 Å². The fraction of sp³-hybridized carbons (Fsp3) is 0.375. The molecule has 0 radical (unpaired) electrons. The molecule has 2 unspecified atom stereocenters. The van der Waals surface area contributed by atoms with Crippen LogP contribution in [0.15, 0.2) is 36.4 Å². The highest BCUT2D eigenvalue weighted by Gasteiger charge is 2.26. The van der Waals surface area contributed by atoms with Crippen LogP contribution in [0, 0.1) is 11.7 Å². The van der Waals surface area contributed by atoms with Crippen LogP contribution in [-0.2, 0) is 6.54 Å². The maximum atomic E-state index is 13.8. The normalized spacial score (nSPS) is 22.2. The molecule has 0 aliphatic carbocycles. The summed E-state index contributed by atoms with van der Waals surface area (Å²) in [6.45, 7) is 5.11. The molecule has 21 heavy (non-hydrogen) atoms. The van der Waals surface area contributed by atoms with Gasteiger partial charge in [0, 0.05) is 41.0 Å². The first-order chi connectivity index (χ1) is 9.63. The van der Waals surface area contributed by atoms with Crippen molar-refractivity contribution in [2.75, 3.05) is 13.1 Å². The standard InChI is InChI=1S/C16H19FN2S.ClH/c1-11-8-19(10-15(11)18)9-12-6-7-16(20-12)13-4-2-3-5-14(13)17;/h2-7,11,15H,8-10,18H2,1H3;1H. The third-order valence-corrected chi connectivity index (χ3v) is 5.03. The molecule has 0 amide bonds. The third-order valence-electron chi connectivity index (χ3n) is 3.93. The van der Waals surface area contributed by atoms with Crippen LogP contribution >= 0.6 is 23.7 Å². The van der Waals surface area contributed by atoms with Gasteiger partial charge in [-0.1, -0.05) is 25.1 Å². The number of thiophene rings is 1. The Bertz CT molecular complexity index is 591. The van der Waals surface area contributed by atoms with Crippen LogP contribution in [0.5, 0.6) is 0 Å². The van der Waals surface area contributed by atoms with Gasteiger partial charge in [-0.15, -0.1) is 23.7 Å². The van der Waals surface area contributed by atoms with Crippen molar-refractivity contribution in [2.45, 2.75) is 19.5 Å². The van der Waals surface area contributed by atoms with Gasteiger partial charge in [0.1, 0.15) is 5.82 Å². The molecule has 3 rings (SSSR count). The van der Waals surface area contributed by atoms with E-state index in [9.17, 15) is 4.39 Å². The minimum Gasteiger partial charge on any atom is -0.326 e. The van der Waals surface area contributed by atoms with Crippen LogP contribution in [0.4, 0.5) is 4.39 Å². The van der Waals surface area contributed by atoms with Crippen molar-refractivity contribution in [3.8, 4) is 10.4 Å². The summed E-state index contributed by atoms with van der Waals surface area (Å²) in [5, 5.41) is 0. The highest BCUT2D eigenvalue weighted by Crippen LogP contribution is 2.31. The van der Waals surface area contributed by atoms with Crippen molar-refractivity contribution < 1.29 is 4.39 Å². The SMILES string of the molecule is CC1CN(Cc2ccc(-c3ccccc3F)s2)CC1N.Cl. The Kier molecular flexibility index (Phi) is 5.38. The first-order valence-electron chi connectivity index (χ1n) is 6.95. The molecule has 1 fully saturated rings. The summed E-state index contributed by atoms with van der Waals surface area (Å²) in [5.74, 6) is 0.402. The smallest absolute Gasteiger partial charge is 0.131 e. The highest BCUT2D eigenvalue weighted by molar-refractivity contribution is 7.15. The van der Waals surface area contributed by atoms with E-state index in [1.54, 1.807) is 17.4 Å². The van der Waals surface area contributed by atoms with Crippen molar-refractivity contribution in [3.63, 3.8) is 0 Å². The van der Waals surface area contributed by atoms with Gasteiger partial charge in [-0.3, -0.25) is 4.90 Å². The lowest BCUT2D eigenvalue weighted by molar-refractivity contribution is 0.322. The molecule has 2 atom stereocenters. The molecule has 114 valence electrons. The van der Waals surface area contributed by atoms with Crippen molar-refractivity contribution in [1.82, 2.24) is 4.90 Å². The lowest BCUT2D eigenvalue weighted by Crippen LogP contribution is -2.28. The maximum absolute atomic E-state index is 13.8. The van der Waals surface area contributed by atoms with Crippen LogP contribution < -0.4 is 5.73 Å². The fourth-order valence-electron chi connectivity index (χ4n) is 2.71. The van der Waals surface area contributed by atoms with E-state index < -0.39 is 0 Å². The second-order valence-electron chi connectivity index (χ2n) is 5.58. The van der Waals surface area contributed by atoms with Crippen LogP contribution in [0.2, 0.25) is 0 Å². The Labute approximate surface area is 135 Å². The zero-order valence-corrected chi connectivity index (χ0v) is 13.6. The summed E-state index contributed by atoms with van der Waals surface area (Å²) in [7, 11) is 0. The number of hydrogen-bond donors (Lipinski definition) is 1. The van der Waals surface area contributed by atoms with Gasteiger partial charge in [0.2, 0.25) is 0 Å². The number of nitrogens with two attached hydrogens (primary N) is 1. The van der Waals surface area contributed by atoms with Crippen LogP contribution in [0.1, 0.15) is 11.8 Å². The van der Waals surface area contributed by atoms with Gasteiger partial charge >= 0.3 is 0 Å². The molecule has 2 nitrogen and oxygen atoms in total. The van der Waals surface area contributed by atoms with Crippen LogP contribution in [0.3, 0.4) is 0 Å². The topological polar surface area (TPSA) is 29.3 Å². The average Bonchev–Trinajstić information content (AvgIpc) is 2.98. The van der Waals surface area contributed by atoms with E-state index in [0.717, 1.165) is 24.5 Å². The molecule has 0 saturated carbocycles. The lowest BCUT2D eigenvalue weighted by Gasteiger charge is -2.13. The molecular formula is C16H20ClFN2S. The van der Waals surface area contributed by atoms with E-state index in [1.807, 2.05) is 18.2 Å². The van der Waals surface area contributed by atoms with E-state index >= 15 is 0 Å². The van der Waals surface area contributed by atoms with E-state index in [2.05, 4.69) is 17.9 Å². The lowest BCUT2D eigenvalue weighted by atomic mass is 10.1. The predicted molar refractivity (Wildman–Crippen MR) is 89.4 cm³/mol. The number of rotatable bonds is 3. The third kappa shape index (κ3) is 3.64. The molecular weight excluding hydrogens is 307 g/mol.